The van der Waals surface area contributed by atoms with Gasteiger partial charge in [0.25, 0.3) is 0 Å². The molecular weight excluding hydrogens is 194 g/mol. The molecule has 0 bridgehead atoms. The summed E-state index contributed by atoms with van der Waals surface area (Å²) in [6, 6.07) is 0.465. The van der Waals surface area contributed by atoms with Crippen LogP contribution < -0.4 is 0 Å². The molecule has 1 amide bonds. The number of carbonyl (C=O) groups excluding carboxylic acids is 1. The molecule has 4 heteroatoms. The molecule has 0 aromatic carbocycles. The second-order valence-corrected chi connectivity index (χ2v) is 4.63. The highest BCUT2D eigenvalue weighted by atomic mass is 16.4. The van der Waals surface area contributed by atoms with Gasteiger partial charge in [-0.15, -0.1) is 0 Å². The van der Waals surface area contributed by atoms with Crippen LogP contribution in [0.3, 0.4) is 0 Å². The third-order valence-electron chi connectivity index (χ3n) is 3.52. The van der Waals surface area contributed by atoms with Crippen LogP contribution >= 0.6 is 0 Å². The van der Waals surface area contributed by atoms with Crippen LogP contribution in [0.5, 0.6) is 0 Å². The van der Waals surface area contributed by atoms with Crippen LogP contribution in [0.2, 0.25) is 0 Å². The van der Waals surface area contributed by atoms with Gasteiger partial charge in [-0.25, -0.2) is 0 Å². The van der Waals surface area contributed by atoms with Gasteiger partial charge in [0.05, 0.1) is 0 Å². The zero-order valence-corrected chi connectivity index (χ0v) is 8.82. The summed E-state index contributed by atoms with van der Waals surface area (Å²) >= 11 is 0. The van der Waals surface area contributed by atoms with E-state index in [2.05, 4.69) is 0 Å². The van der Waals surface area contributed by atoms with Crippen LogP contribution in [-0.2, 0) is 9.59 Å². The molecule has 2 fully saturated rings. The molecule has 1 aliphatic heterocycles. The standard InChI is InChI=1S/C11H17NO3/c13-10-6-8(4-5-11(14)15)7-12(10)9-2-1-3-9/h8-9H,1-7H2,(H,14,15). The fourth-order valence-corrected chi connectivity index (χ4v) is 2.38. The van der Waals surface area contributed by atoms with E-state index in [1.165, 1.54) is 6.42 Å². The van der Waals surface area contributed by atoms with Gasteiger partial charge in [-0.3, -0.25) is 9.59 Å². The highest BCUT2D eigenvalue weighted by molar-refractivity contribution is 5.79. The first-order valence-electron chi connectivity index (χ1n) is 5.68. The molecule has 0 spiro atoms. The third kappa shape index (κ3) is 2.30. The average molecular weight is 211 g/mol. The first-order valence-corrected chi connectivity index (χ1v) is 5.68. The first kappa shape index (κ1) is 10.5. The molecule has 2 aliphatic rings. The second-order valence-electron chi connectivity index (χ2n) is 4.63. The minimum atomic E-state index is -0.760. The lowest BCUT2D eigenvalue weighted by atomic mass is 9.92. The van der Waals surface area contributed by atoms with Crippen molar-refractivity contribution in [3.63, 3.8) is 0 Å². The summed E-state index contributed by atoms with van der Waals surface area (Å²) in [6.45, 7) is 0.788. The molecule has 1 heterocycles. The van der Waals surface area contributed by atoms with E-state index < -0.39 is 5.97 Å². The van der Waals surface area contributed by atoms with E-state index >= 15 is 0 Å². The molecule has 0 aromatic rings. The molecule has 1 atom stereocenters. The number of likely N-dealkylation sites (tertiary alicyclic amines) is 1. The van der Waals surface area contributed by atoms with Crippen molar-refractivity contribution >= 4 is 11.9 Å². The fourth-order valence-electron chi connectivity index (χ4n) is 2.38. The molecule has 0 aromatic heterocycles. The van der Waals surface area contributed by atoms with Gasteiger partial charge in [0.2, 0.25) is 5.91 Å². The van der Waals surface area contributed by atoms with Gasteiger partial charge in [0.15, 0.2) is 0 Å². The summed E-state index contributed by atoms with van der Waals surface area (Å²) in [5.41, 5.74) is 0. The highest BCUT2D eigenvalue weighted by Crippen LogP contribution is 2.31. The Kier molecular flexibility index (Phi) is 2.93. The van der Waals surface area contributed by atoms with E-state index in [9.17, 15) is 9.59 Å². The summed E-state index contributed by atoms with van der Waals surface area (Å²) in [5.74, 6) is -0.256. The summed E-state index contributed by atoms with van der Waals surface area (Å²) in [6.07, 6.45) is 4.90. The molecule has 15 heavy (non-hydrogen) atoms. The van der Waals surface area contributed by atoms with Gasteiger partial charge in [-0.2, -0.15) is 0 Å². The Morgan fingerprint density at radius 1 is 1.47 bits per heavy atom. The summed E-state index contributed by atoms with van der Waals surface area (Å²) in [4.78, 5) is 24.0. The maximum atomic E-state index is 11.6. The molecule has 1 unspecified atom stereocenters. The highest BCUT2D eigenvalue weighted by Gasteiger charge is 2.36. The Balaban J connectivity index is 1.80. The number of amides is 1. The normalized spacial score (nSPS) is 26.8. The number of carbonyl (C=O) groups is 2. The minimum absolute atomic E-state index is 0.191. The van der Waals surface area contributed by atoms with Crippen molar-refractivity contribution in [1.82, 2.24) is 4.90 Å². The van der Waals surface area contributed by atoms with Gasteiger partial charge in [0.1, 0.15) is 0 Å². The molecule has 1 N–H and O–H groups in total. The largest absolute Gasteiger partial charge is 0.481 e. The lowest BCUT2D eigenvalue weighted by molar-refractivity contribution is -0.137. The quantitative estimate of drug-likeness (QED) is 0.761. The number of aliphatic carboxylic acids is 1. The van der Waals surface area contributed by atoms with E-state index in [0.717, 1.165) is 19.4 Å². The predicted octanol–water partition coefficient (Wildman–Crippen LogP) is 1.25. The Labute approximate surface area is 89.3 Å². The fraction of sp³-hybridized carbons (Fsp3) is 0.818. The van der Waals surface area contributed by atoms with Gasteiger partial charge < -0.3 is 10.0 Å². The topological polar surface area (TPSA) is 57.6 Å². The maximum Gasteiger partial charge on any atom is 0.303 e. The third-order valence-corrected chi connectivity index (χ3v) is 3.52. The molecule has 4 nitrogen and oxygen atoms in total. The Bertz CT molecular complexity index is 273. The van der Waals surface area contributed by atoms with Crippen molar-refractivity contribution in [2.24, 2.45) is 5.92 Å². The Morgan fingerprint density at radius 3 is 2.73 bits per heavy atom. The minimum Gasteiger partial charge on any atom is -0.481 e. The van der Waals surface area contributed by atoms with Crippen molar-refractivity contribution in [2.75, 3.05) is 6.54 Å². The predicted molar refractivity (Wildman–Crippen MR) is 54.3 cm³/mol. The zero-order chi connectivity index (χ0) is 10.8. The lowest BCUT2D eigenvalue weighted by Crippen LogP contribution is -2.41. The lowest BCUT2D eigenvalue weighted by Gasteiger charge is -2.34. The number of nitrogens with zero attached hydrogens (tertiary/aromatic N) is 1. The Hall–Kier alpha value is -1.06. The summed E-state index contributed by atoms with van der Waals surface area (Å²) in [7, 11) is 0. The van der Waals surface area contributed by atoms with Crippen molar-refractivity contribution in [2.45, 2.75) is 44.6 Å². The van der Waals surface area contributed by atoms with Gasteiger partial charge >= 0.3 is 5.97 Å². The molecule has 1 aliphatic carbocycles. The van der Waals surface area contributed by atoms with Crippen LogP contribution in [-0.4, -0.2) is 34.5 Å². The van der Waals surface area contributed by atoms with Gasteiger partial charge in [-0.05, 0) is 31.6 Å². The maximum absolute atomic E-state index is 11.6. The molecule has 2 rings (SSSR count). The van der Waals surface area contributed by atoms with E-state index in [0.29, 0.717) is 18.9 Å². The summed E-state index contributed by atoms with van der Waals surface area (Å²) in [5, 5.41) is 8.57. The van der Waals surface area contributed by atoms with Gasteiger partial charge in [0, 0.05) is 25.4 Å². The molecule has 1 saturated carbocycles. The number of carboxylic acids is 1. The van der Waals surface area contributed by atoms with E-state index in [-0.39, 0.29) is 18.2 Å². The molecule has 0 radical (unpaired) electrons. The van der Waals surface area contributed by atoms with Crippen LogP contribution in [0.25, 0.3) is 0 Å². The first-order chi connectivity index (χ1) is 7.16. The summed E-state index contributed by atoms with van der Waals surface area (Å²) < 4.78 is 0. The van der Waals surface area contributed by atoms with Crippen LogP contribution in [0.1, 0.15) is 38.5 Å². The van der Waals surface area contributed by atoms with Crippen molar-refractivity contribution < 1.29 is 14.7 Å². The molecular formula is C11H17NO3. The van der Waals surface area contributed by atoms with Crippen molar-refractivity contribution in [3.8, 4) is 0 Å². The number of rotatable bonds is 4. The van der Waals surface area contributed by atoms with E-state index in [1.807, 2.05) is 4.90 Å². The average Bonchev–Trinajstić information content (AvgIpc) is 2.42. The van der Waals surface area contributed by atoms with Crippen molar-refractivity contribution in [1.29, 1.82) is 0 Å². The van der Waals surface area contributed by atoms with Crippen LogP contribution in [0, 0.1) is 5.92 Å². The van der Waals surface area contributed by atoms with E-state index in [4.69, 9.17) is 5.11 Å². The number of carboxylic acid groups (broad SMARTS) is 1. The smallest absolute Gasteiger partial charge is 0.303 e. The number of hydrogen-bond acceptors (Lipinski definition) is 2. The van der Waals surface area contributed by atoms with Crippen LogP contribution in [0.15, 0.2) is 0 Å². The van der Waals surface area contributed by atoms with Crippen molar-refractivity contribution in [3.05, 3.63) is 0 Å². The van der Waals surface area contributed by atoms with E-state index in [1.54, 1.807) is 0 Å². The van der Waals surface area contributed by atoms with Crippen LogP contribution in [0.4, 0.5) is 0 Å². The Morgan fingerprint density at radius 2 is 2.20 bits per heavy atom. The monoisotopic (exact) mass is 211 g/mol. The zero-order valence-electron chi connectivity index (χ0n) is 8.82. The number of hydrogen-bond donors (Lipinski definition) is 1. The second kappa shape index (κ2) is 4.21. The SMILES string of the molecule is O=C(O)CCC1CC(=O)N(C2CCC2)C1. The molecule has 1 saturated heterocycles. The van der Waals surface area contributed by atoms with Gasteiger partial charge in [-0.1, -0.05) is 0 Å². The molecule has 84 valence electrons.